The van der Waals surface area contributed by atoms with Crippen LogP contribution in [0.4, 0.5) is 5.69 Å². The predicted molar refractivity (Wildman–Crippen MR) is 105 cm³/mol. The second kappa shape index (κ2) is 7.51. The number of ether oxygens (including phenoxy) is 1. The molecular weight excluding hydrogens is 422 g/mol. The van der Waals surface area contributed by atoms with E-state index >= 15 is 0 Å². The Kier molecular flexibility index (Phi) is 5.34. The van der Waals surface area contributed by atoms with Crippen molar-refractivity contribution in [3.63, 3.8) is 0 Å². The largest absolute Gasteiger partial charge is 0.482 e. The summed E-state index contributed by atoms with van der Waals surface area (Å²) in [5.74, 6) is -0.0672. The summed E-state index contributed by atoms with van der Waals surface area (Å²) < 4.78 is 11.5. The summed E-state index contributed by atoms with van der Waals surface area (Å²) in [6.07, 6.45) is 0. The molecule has 7 heteroatoms. The molecule has 5 nitrogen and oxygen atoms in total. The zero-order chi connectivity index (χ0) is 18.8. The molecule has 0 aliphatic heterocycles. The lowest BCUT2D eigenvalue weighted by Gasteiger charge is -2.11. The minimum absolute atomic E-state index is 0.235. The first-order valence-corrected chi connectivity index (χ1v) is 8.93. The van der Waals surface area contributed by atoms with Gasteiger partial charge in [-0.1, -0.05) is 17.7 Å². The van der Waals surface area contributed by atoms with Crippen LogP contribution in [0.5, 0.6) is 5.75 Å². The molecule has 1 aromatic heterocycles. The number of anilines is 1. The highest BCUT2D eigenvalue weighted by molar-refractivity contribution is 9.10. The van der Waals surface area contributed by atoms with E-state index in [0.29, 0.717) is 16.3 Å². The number of rotatable bonds is 4. The standard InChI is InChI=1S/C19H15BrClNO4/c1-10-3-4-15(13(20)5-10)22-18(23)9-25-17-8-16-12(7-14(17)21)11(2)6-19(24)26-16/h3-8H,9H2,1-2H3,(H,22,23). The number of carbonyl (C=O) groups excluding carboxylic acids is 1. The smallest absolute Gasteiger partial charge is 0.336 e. The Hall–Kier alpha value is -2.31. The van der Waals surface area contributed by atoms with Gasteiger partial charge in [0.2, 0.25) is 0 Å². The van der Waals surface area contributed by atoms with Crippen molar-refractivity contribution in [2.75, 3.05) is 11.9 Å². The fourth-order valence-electron chi connectivity index (χ4n) is 2.48. The monoisotopic (exact) mass is 435 g/mol. The molecule has 3 rings (SSSR count). The SMILES string of the molecule is Cc1ccc(NC(=O)COc2cc3oc(=O)cc(C)c3cc2Cl)c(Br)c1. The molecule has 1 heterocycles. The molecule has 26 heavy (non-hydrogen) atoms. The van der Waals surface area contributed by atoms with Crippen LogP contribution in [0.25, 0.3) is 11.0 Å². The molecule has 0 saturated carbocycles. The lowest BCUT2D eigenvalue weighted by atomic mass is 10.1. The molecule has 0 unspecified atom stereocenters. The van der Waals surface area contributed by atoms with Crippen molar-refractivity contribution < 1.29 is 13.9 Å². The Morgan fingerprint density at radius 3 is 2.73 bits per heavy atom. The van der Waals surface area contributed by atoms with Crippen LogP contribution in [0.3, 0.4) is 0 Å². The third kappa shape index (κ3) is 4.08. The van der Waals surface area contributed by atoms with Gasteiger partial charge in [-0.05, 0) is 59.1 Å². The van der Waals surface area contributed by atoms with E-state index in [1.165, 1.54) is 12.1 Å². The number of aryl methyl sites for hydroxylation is 2. The van der Waals surface area contributed by atoms with Gasteiger partial charge in [-0.25, -0.2) is 4.79 Å². The molecular formula is C19H15BrClNO4. The van der Waals surface area contributed by atoms with Gasteiger partial charge in [0.15, 0.2) is 6.61 Å². The van der Waals surface area contributed by atoms with Crippen LogP contribution < -0.4 is 15.7 Å². The van der Waals surface area contributed by atoms with E-state index in [2.05, 4.69) is 21.2 Å². The molecule has 3 aromatic rings. The van der Waals surface area contributed by atoms with Gasteiger partial charge in [-0.15, -0.1) is 0 Å². The summed E-state index contributed by atoms with van der Waals surface area (Å²) in [4.78, 5) is 23.6. The van der Waals surface area contributed by atoms with E-state index in [9.17, 15) is 9.59 Å². The summed E-state index contributed by atoms with van der Waals surface area (Å²) in [6, 6.07) is 10.2. The van der Waals surface area contributed by atoms with E-state index in [1.54, 1.807) is 19.1 Å². The highest BCUT2D eigenvalue weighted by atomic mass is 79.9. The second-order valence-corrected chi connectivity index (χ2v) is 7.11. The average molecular weight is 437 g/mol. The van der Waals surface area contributed by atoms with E-state index < -0.39 is 5.63 Å². The third-order valence-corrected chi connectivity index (χ3v) is 4.71. The van der Waals surface area contributed by atoms with E-state index in [-0.39, 0.29) is 18.3 Å². The van der Waals surface area contributed by atoms with Gasteiger partial charge in [0.25, 0.3) is 5.91 Å². The van der Waals surface area contributed by atoms with E-state index in [0.717, 1.165) is 21.0 Å². The maximum Gasteiger partial charge on any atom is 0.336 e. The first-order chi connectivity index (χ1) is 12.3. The van der Waals surface area contributed by atoms with E-state index in [1.807, 2.05) is 19.1 Å². The molecule has 0 aliphatic rings. The topological polar surface area (TPSA) is 68.5 Å². The molecule has 0 bridgehead atoms. The molecule has 1 N–H and O–H groups in total. The normalized spacial score (nSPS) is 10.8. The Morgan fingerprint density at radius 1 is 1.23 bits per heavy atom. The van der Waals surface area contributed by atoms with Crippen molar-refractivity contribution >= 4 is 50.1 Å². The van der Waals surface area contributed by atoms with Crippen LogP contribution in [0, 0.1) is 13.8 Å². The lowest BCUT2D eigenvalue weighted by Crippen LogP contribution is -2.20. The van der Waals surface area contributed by atoms with Crippen LogP contribution in [-0.4, -0.2) is 12.5 Å². The maximum atomic E-state index is 12.1. The first-order valence-electron chi connectivity index (χ1n) is 7.76. The number of carbonyl (C=O) groups is 1. The Balaban J connectivity index is 1.75. The molecule has 2 aromatic carbocycles. The number of nitrogens with one attached hydrogen (secondary N) is 1. The lowest BCUT2D eigenvalue weighted by molar-refractivity contribution is -0.118. The fraction of sp³-hybridized carbons (Fsp3) is 0.158. The Bertz CT molecular complexity index is 1060. The number of benzene rings is 2. The minimum Gasteiger partial charge on any atom is -0.482 e. The molecule has 0 atom stereocenters. The molecule has 0 fully saturated rings. The van der Waals surface area contributed by atoms with Gasteiger partial charge >= 0.3 is 5.63 Å². The zero-order valence-electron chi connectivity index (χ0n) is 14.1. The zero-order valence-corrected chi connectivity index (χ0v) is 16.4. The van der Waals surface area contributed by atoms with Gasteiger partial charge in [0.05, 0.1) is 10.7 Å². The van der Waals surface area contributed by atoms with Crippen LogP contribution in [0.2, 0.25) is 5.02 Å². The van der Waals surface area contributed by atoms with E-state index in [4.69, 9.17) is 20.8 Å². The second-order valence-electron chi connectivity index (χ2n) is 5.85. The van der Waals surface area contributed by atoms with Gasteiger partial charge < -0.3 is 14.5 Å². The fourth-order valence-corrected chi connectivity index (χ4v) is 3.29. The first kappa shape index (κ1) is 18.5. The van der Waals surface area contributed by atoms with Gasteiger partial charge in [-0.2, -0.15) is 0 Å². The summed E-state index contributed by atoms with van der Waals surface area (Å²) in [5, 5.41) is 3.80. The van der Waals surface area contributed by atoms with Crippen LogP contribution in [-0.2, 0) is 4.79 Å². The van der Waals surface area contributed by atoms with Gasteiger partial charge in [0, 0.05) is 22.0 Å². The summed E-state index contributed by atoms with van der Waals surface area (Å²) >= 11 is 9.62. The van der Waals surface area contributed by atoms with Gasteiger partial charge in [0.1, 0.15) is 11.3 Å². The number of fused-ring (bicyclic) bond motifs is 1. The van der Waals surface area contributed by atoms with Crippen molar-refractivity contribution in [1.82, 2.24) is 0 Å². The molecule has 0 radical (unpaired) electrons. The number of amides is 1. The van der Waals surface area contributed by atoms with Crippen molar-refractivity contribution in [1.29, 1.82) is 0 Å². The summed E-state index contributed by atoms with van der Waals surface area (Å²) in [7, 11) is 0. The molecule has 134 valence electrons. The minimum atomic E-state index is -0.453. The molecule has 1 amide bonds. The van der Waals surface area contributed by atoms with Crippen molar-refractivity contribution in [2.24, 2.45) is 0 Å². The average Bonchev–Trinajstić information content (AvgIpc) is 2.56. The Labute approximate surface area is 163 Å². The molecule has 0 saturated heterocycles. The van der Waals surface area contributed by atoms with Gasteiger partial charge in [-0.3, -0.25) is 4.79 Å². The number of hydrogen-bond donors (Lipinski definition) is 1. The van der Waals surface area contributed by atoms with Crippen molar-refractivity contribution in [2.45, 2.75) is 13.8 Å². The number of halogens is 2. The molecule has 0 aliphatic carbocycles. The predicted octanol–water partition coefficient (Wildman–Crippen LogP) is 4.84. The Morgan fingerprint density at radius 2 is 2.00 bits per heavy atom. The van der Waals surface area contributed by atoms with Crippen molar-refractivity contribution in [3.05, 3.63) is 67.4 Å². The van der Waals surface area contributed by atoms with Crippen LogP contribution >= 0.6 is 27.5 Å². The highest BCUT2D eigenvalue weighted by Gasteiger charge is 2.12. The summed E-state index contributed by atoms with van der Waals surface area (Å²) in [6.45, 7) is 3.52. The summed E-state index contributed by atoms with van der Waals surface area (Å²) in [5.41, 5.74) is 2.38. The number of hydrogen-bond acceptors (Lipinski definition) is 4. The van der Waals surface area contributed by atoms with Crippen LogP contribution in [0.15, 0.2) is 50.1 Å². The van der Waals surface area contributed by atoms with Crippen LogP contribution in [0.1, 0.15) is 11.1 Å². The molecule has 0 spiro atoms. The third-order valence-electron chi connectivity index (χ3n) is 3.76. The van der Waals surface area contributed by atoms with Crippen molar-refractivity contribution in [3.8, 4) is 5.75 Å². The highest BCUT2D eigenvalue weighted by Crippen LogP contribution is 2.31. The maximum absolute atomic E-state index is 12.1. The quantitative estimate of drug-likeness (QED) is 0.594.